The van der Waals surface area contributed by atoms with Crippen LogP contribution in [0.3, 0.4) is 0 Å². The van der Waals surface area contributed by atoms with Crippen LogP contribution in [0.4, 0.5) is 0 Å². The topological polar surface area (TPSA) is 101 Å². The van der Waals surface area contributed by atoms with Crippen LogP contribution in [-0.2, 0) is 19.1 Å². The Morgan fingerprint density at radius 1 is 1.19 bits per heavy atom. The Balaban J connectivity index is 1.83. The third kappa shape index (κ3) is 8.15. The van der Waals surface area contributed by atoms with Crippen molar-refractivity contribution in [3.05, 3.63) is 12.2 Å². The quantitative estimate of drug-likeness (QED) is 0.259. The van der Waals surface area contributed by atoms with Gasteiger partial charge in [0.05, 0.1) is 19.3 Å². The zero-order valence-electron chi connectivity index (χ0n) is 19.1. The van der Waals surface area contributed by atoms with Crippen molar-refractivity contribution in [1.29, 1.82) is 0 Å². The van der Waals surface area contributed by atoms with Crippen LogP contribution >= 0.6 is 0 Å². The number of aliphatic hydroxyl groups excluding tert-OH is 2. The zero-order valence-corrected chi connectivity index (χ0v) is 19.1. The molecule has 0 aromatic heterocycles. The Morgan fingerprint density at radius 2 is 1.94 bits per heavy atom. The third-order valence-corrected chi connectivity index (χ3v) is 7.06. The number of aliphatic hydroxyl groups is 2. The van der Waals surface area contributed by atoms with Crippen molar-refractivity contribution in [2.45, 2.75) is 96.2 Å². The van der Waals surface area contributed by atoms with Gasteiger partial charge in [-0.3, -0.25) is 14.4 Å². The molecule has 0 heterocycles. The summed E-state index contributed by atoms with van der Waals surface area (Å²) in [5, 5.41) is 21.0. The number of carbonyl (C=O) groups is 3. The molecule has 0 saturated heterocycles. The van der Waals surface area contributed by atoms with Crippen LogP contribution in [0.5, 0.6) is 0 Å². The molecule has 2 fully saturated rings. The number of Topliss-reactive ketones (excluding diaryl/α,β-unsaturated/α-hetero) is 2. The van der Waals surface area contributed by atoms with E-state index in [0.29, 0.717) is 25.2 Å². The Kier molecular flexibility index (Phi) is 10.9. The van der Waals surface area contributed by atoms with E-state index in [2.05, 4.69) is 11.7 Å². The summed E-state index contributed by atoms with van der Waals surface area (Å²) in [5.41, 5.74) is 0. The maximum absolute atomic E-state index is 12.4. The number of hydrogen-bond donors (Lipinski definition) is 2. The summed E-state index contributed by atoms with van der Waals surface area (Å²) in [4.78, 5) is 35.9. The van der Waals surface area contributed by atoms with Crippen LogP contribution in [0.25, 0.3) is 0 Å². The van der Waals surface area contributed by atoms with Crippen LogP contribution in [0.1, 0.15) is 84.0 Å². The van der Waals surface area contributed by atoms with E-state index < -0.39 is 24.0 Å². The molecule has 2 saturated carbocycles. The highest BCUT2D eigenvalue weighted by Crippen LogP contribution is 2.38. The van der Waals surface area contributed by atoms with Gasteiger partial charge in [-0.25, -0.2) is 0 Å². The lowest BCUT2D eigenvalue weighted by atomic mass is 9.87. The molecule has 6 heteroatoms. The third-order valence-electron chi connectivity index (χ3n) is 7.06. The number of hydrogen-bond acceptors (Lipinski definition) is 6. The smallest absolute Gasteiger partial charge is 0.305 e. The van der Waals surface area contributed by atoms with Gasteiger partial charge in [0.15, 0.2) is 0 Å². The van der Waals surface area contributed by atoms with E-state index in [1.807, 2.05) is 0 Å². The summed E-state index contributed by atoms with van der Waals surface area (Å²) < 4.78 is 4.59. The number of rotatable bonds is 13. The van der Waals surface area contributed by atoms with Crippen molar-refractivity contribution in [3.8, 4) is 0 Å². The lowest BCUT2D eigenvalue weighted by Gasteiger charge is -2.19. The first kappa shape index (κ1) is 25.7. The Labute approximate surface area is 186 Å². The molecule has 2 aliphatic rings. The van der Waals surface area contributed by atoms with E-state index in [0.717, 1.165) is 19.3 Å². The second-order valence-corrected chi connectivity index (χ2v) is 9.40. The maximum atomic E-state index is 12.4. The highest BCUT2D eigenvalue weighted by Gasteiger charge is 2.41. The highest BCUT2D eigenvalue weighted by molar-refractivity contribution is 5.90. The molecule has 6 nitrogen and oxygen atoms in total. The number of ether oxygens (including phenoxy) is 1. The normalized spacial score (nSPS) is 29.5. The minimum Gasteiger partial charge on any atom is -0.469 e. The molecular formula is C25H40O6. The molecule has 0 amide bonds. The lowest BCUT2D eigenvalue weighted by molar-refractivity contribution is -0.140. The first-order chi connectivity index (χ1) is 14.8. The molecule has 0 aromatic rings. The molecule has 2 N–H and O–H groups in total. The summed E-state index contributed by atoms with van der Waals surface area (Å²) >= 11 is 0. The van der Waals surface area contributed by atoms with E-state index in [1.54, 1.807) is 12.2 Å². The molecule has 2 rings (SSSR count). The fraction of sp³-hybridized carbons (Fsp3) is 0.800. The van der Waals surface area contributed by atoms with Crippen LogP contribution in [-0.4, -0.2) is 47.1 Å². The number of ketones is 2. The Bertz CT molecular complexity index is 628. The van der Waals surface area contributed by atoms with Crippen LogP contribution in [0.15, 0.2) is 12.2 Å². The molecule has 2 unspecified atom stereocenters. The average Bonchev–Trinajstić information content (AvgIpc) is 3.32. The molecule has 0 aromatic carbocycles. The van der Waals surface area contributed by atoms with Crippen molar-refractivity contribution < 1.29 is 29.3 Å². The van der Waals surface area contributed by atoms with E-state index in [1.165, 1.54) is 26.4 Å². The van der Waals surface area contributed by atoms with Gasteiger partial charge in [-0.2, -0.15) is 0 Å². The van der Waals surface area contributed by atoms with Gasteiger partial charge in [0.25, 0.3) is 0 Å². The van der Waals surface area contributed by atoms with Crippen molar-refractivity contribution in [2.75, 3.05) is 7.11 Å². The van der Waals surface area contributed by atoms with E-state index >= 15 is 0 Å². The van der Waals surface area contributed by atoms with Gasteiger partial charge in [-0.05, 0) is 37.5 Å². The monoisotopic (exact) mass is 436 g/mol. The van der Waals surface area contributed by atoms with Gasteiger partial charge in [-0.15, -0.1) is 0 Å². The highest BCUT2D eigenvalue weighted by atomic mass is 16.5. The average molecular weight is 437 g/mol. The number of methoxy groups -OCH3 is 1. The molecule has 0 radical (unpaired) electrons. The molecule has 176 valence electrons. The molecule has 0 bridgehead atoms. The Morgan fingerprint density at radius 3 is 2.65 bits per heavy atom. The first-order valence-electron chi connectivity index (χ1n) is 12.0. The summed E-state index contributed by atoms with van der Waals surface area (Å²) in [6.07, 6.45) is 11.0. The largest absolute Gasteiger partial charge is 0.469 e. The molecule has 0 aliphatic heterocycles. The summed E-state index contributed by atoms with van der Waals surface area (Å²) in [5.74, 6) is -0.403. The minimum absolute atomic E-state index is 0.0224. The minimum atomic E-state index is -0.797. The standard InChI is InChI=1S/C25H40O6/c1-3-4-7-17-10-11-18(14-17)22(27)13-12-20-21(24(29)16-23(20)28)15-19(26)8-5-6-9-25(30)31-2/h12-13,17-18,20-23,27-28H,3-11,14-16H2,1-2H3/b13-12+/t17?,18?,20-,21-,22-,23-/m1/s1. The van der Waals surface area contributed by atoms with Gasteiger partial charge >= 0.3 is 5.97 Å². The second kappa shape index (κ2) is 13.1. The predicted octanol–water partition coefficient (Wildman–Crippen LogP) is 3.77. The van der Waals surface area contributed by atoms with Crippen molar-refractivity contribution in [1.82, 2.24) is 0 Å². The SMILES string of the molecule is CCCCC1CCC([C@H](O)/C=C/[C@H]2[C@H](O)CC(=O)[C@@H]2CC(=O)CCCCC(=O)OC)C1. The second-order valence-electron chi connectivity index (χ2n) is 9.40. The summed E-state index contributed by atoms with van der Waals surface area (Å²) in [7, 11) is 1.34. The first-order valence-corrected chi connectivity index (χ1v) is 12.0. The predicted molar refractivity (Wildman–Crippen MR) is 118 cm³/mol. The van der Waals surface area contributed by atoms with E-state index in [-0.39, 0.29) is 42.7 Å². The zero-order chi connectivity index (χ0) is 22.8. The summed E-state index contributed by atoms with van der Waals surface area (Å²) in [6, 6.07) is 0. The number of unbranched alkanes of at least 4 members (excludes halogenated alkanes) is 2. The van der Waals surface area contributed by atoms with Crippen molar-refractivity contribution in [2.24, 2.45) is 23.7 Å². The van der Waals surface area contributed by atoms with Gasteiger partial charge in [0, 0.05) is 37.5 Å². The molecule has 6 atom stereocenters. The van der Waals surface area contributed by atoms with Crippen LogP contribution in [0.2, 0.25) is 0 Å². The summed E-state index contributed by atoms with van der Waals surface area (Å²) in [6.45, 7) is 2.20. The van der Waals surface area contributed by atoms with Gasteiger partial charge in [-0.1, -0.05) is 44.8 Å². The van der Waals surface area contributed by atoms with Gasteiger partial charge in [0.2, 0.25) is 0 Å². The molecular weight excluding hydrogens is 396 g/mol. The van der Waals surface area contributed by atoms with Gasteiger partial charge < -0.3 is 14.9 Å². The molecule has 0 spiro atoms. The fourth-order valence-electron chi connectivity index (χ4n) is 5.11. The van der Waals surface area contributed by atoms with E-state index in [9.17, 15) is 24.6 Å². The molecule has 2 aliphatic carbocycles. The van der Waals surface area contributed by atoms with Crippen LogP contribution < -0.4 is 0 Å². The molecule has 31 heavy (non-hydrogen) atoms. The number of esters is 1. The maximum Gasteiger partial charge on any atom is 0.305 e. The number of carbonyl (C=O) groups excluding carboxylic acids is 3. The van der Waals surface area contributed by atoms with Crippen LogP contribution in [0, 0.1) is 23.7 Å². The van der Waals surface area contributed by atoms with Crippen molar-refractivity contribution >= 4 is 17.5 Å². The fourth-order valence-corrected chi connectivity index (χ4v) is 5.11. The Hall–Kier alpha value is -1.53. The van der Waals surface area contributed by atoms with Gasteiger partial charge in [0.1, 0.15) is 11.6 Å². The lowest BCUT2D eigenvalue weighted by Crippen LogP contribution is -2.23. The van der Waals surface area contributed by atoms with E-state index in [4.69, 9.17) is 0 Å². The van der Waals surface area contributed by atoms with Crippen molar-refractivity contribution in [3.63, 3.8) is 0 Å².